The van der Waals surface area contributed by atoms with Crippen molar-refractivity contribution in [3.05, 3.63) is 59.3 Å². The van der Waals surface area contributed by atoms with Gasteiger partial charge in [-0.25, -0.2) is 9.78 Å². The van der Waals surface area contributed by atoms with Gasteiger partial charge >= 0.3 is 5.97 Å². The van der Waals surface area contributed by atoms with Crippen LogP contribution in [-0.2, 0) is 13.0 Å². The van der Waals surface area contributed by atoms with E-state index >= 15 is 0 Å². The zero-order valence-electron chi connectivity index (χ0n) is 10.7. The van der Waals surface area contributed by atoms with Crippen molar-refractivity contribution in [2.45, 2.75) is 20.0 Å². The first-order valence-corrected chi connectivity index (χ1v) is 6.09. The van der Waals surface area contributed by atoms with E-state index in [1.54, 1.807) is 6.07 Å². The molecule has 4 nitrogen and oxygen atoms in total. The molecular formula is C15H15NO3. The summed E-state index contributed by atoms with van der Waals surface area (Å²) in [7, 11) is 0. The number of pyridine rings is 1. The van der Waals surface area contributed by atoms with E-state index in [9.17, 15) is 4.79 Å². The molecule has 1 N–H and O–H groups in total. The number of carboxylic acid groups (broad SMARTS) is 1. The van der Waals surface area contributed by atoms with Gasteiger partial charge in [0.1, 0.15) is 6.61 Å². The number of carbonyl (C=O) groups is 1. The highest BCUT2D eigenvalue weighted by Crippen LogP contribution is 2.18. The van der Waals surface area contributed by atoms with Gasteiger partial charge in [-0.2, -0.15) is 0 Å². The van der Waals surface area contributed by atoms with Crippen LogP contribution in [0.4, 0.5) is 0 Å². The lowest BCUT2D eigenvalue weighted by atomic mass is 10.1. The van der Waals surface area contributed by atoms with Crippen LogP contribution in [0, 0.1) is 0 Å². The standard InChI is InChI=1S/C15H15NO3/c1-2-12-8-13(15(17)18)9-16-14(12)19-10-11-6-4-3-5-7-11/h3-9H,2,10H2,1H3,(H,17,18). The Morgan fingerprint density at radius 2 is 2.05 bits per heavy atom. The molecule has 0 bridgehead atoms. The number of benzene rings is 1. The highest BCUT2D eigenvalue weighted by molar-refractivity contribution is 5.87. The highest BCUT2D eigenvalue weighted by atomic mass is 16.5. The molecular weight excluding hydrogens is 242 g/mol. The lowest BCUT2D eigenvalue weighted by Gasteiger charge is -2.09. The van der Waals surface area contributed by atoms with Gasteiger partial charge in [0.15, 0.2) is 0 Å². The van der Waals surface area contributed by atoms with Gasteiger partial charge in [0, 0.05) is 11.8 Å². The maximum Gasteiger partial charge on any atom is 0.337 e. The normalized spacial score (nSPS) is 10.2. The predicted octanol–water partition coefficient (Wildman–Crippen LogP) is 2.92. The van der Waals surface area contributed by atoms with E-state index in [1.165, 1.54) is 6.20 Å². The van der Waals surface area contributed by atoms with Gasteiger partial charge in [-0.15, -0.1) is 0 Å². The molecule has 2 aromatic rings. The summed E-state index contributed by atoms with van der Waals surface area (Å²) in [6, 6.07) is 11.4. The monoisotopic (exact) mass is 257 g/mol. The zero-order chi connectivity index (χ0) is 13.7. The van der Waals surface area contributed by atoms with E-state index in [4.69, 9.17) is 9.84 Å². The Labute approximate surface area is 111 Å². The smallest absolute Gasteiger partial charge is 0.337 e. The van der Waals surface area contributed by atoms with Crippen LogP contribution in [-0.4, -0.2) is 16.1 Å². The molecule has 0 aliphatic carbocycles. The second-order valence-electron chi connectivity index (χ2n) is 4.12. The number of rotatable bonds is 5. The fourth-order valence-electron chi connectivity index (χ4n) is 1.72. The van der Waals surface area contributed by atoms with Crippen LogP contribution < -0.4 is 4.74 Å². The molecule has 0 saturated heterocycles. The van der Waals surface area contributed by atoms with E-state index in [2.05, 4.69) is 4.98 Å². The number of hydrogen-bond acceptors (Lipinski definition) is 3. The van der Waals surface area contributed by atoms with E-state index in [-0.39, 0.29) is 5.56 Å². The Balaban J connectivity index is 2.14. The molecule has 1 aromatic heterocycles. The first-order chi connectivity index (χ1) is 9.20. The molecule has 0 aliphatic rings. The molecule has 0 saturated carbocycles. The van der Waals surface area contributed by atoms with Crippen molar-refractivity contribution in [1.29, 1.82) is 0 Å². The van der Waals surface area contributed by atoms with Gasteiger partial charge < -0.3 is 9.84 Å². The molecule has 98 valence electrons. The van der Waals surface area contributed by atoms with Crippen LogP contribution in [0.2, 0.25) is 0 Å². The second kappa shape index (κ2) is 6.00. The molecule has 0 spiro atoms. The molecule has 19 heavy (non-hydrogen) atoms. The largest absolute Gasteiger partial charge is 0.478 e. The second-order valence-corrected chi connectivity index (χ2v) is 4.12. The Morgan fingerprint density at radius 1 is 1.32 bits per heavy atom. The number of nitrogens with zero attached hydrogens (tertiary/aromatic N) is 1. The average Bonchev–Trinajstić information content (AvgIpc) is 2.45. The number of aromatic carboxylic acids is 1. The lowest BCUT2D eigenvalue weighted by molar-refractivity contribution is 0.0696. The molecule has 1 heterocycles. The van der Waals surface area contributed by atoms with Gasteiger partial charge in [0.2, 0.25) is 5.88 Å². The summed E-state index contributed by atoms with van der Waals surface area (Å²) in [5, 5.41) is 8.92. The van der Waals surface area contributed by atoms with Crippen LogP contribution in [0.1, 0.15) is 28.4 Å². The summed E-state index contributed by atoms with van der Waals surface area (Å²) in [6.07, 6.45) is 2.00. The Hall–Kier alpha value is -2.36. The molecule has 0 radical (unpaired) electrons. The van der Waals surface area contributed by atoms with Gasteiger partial charge in [-0.05, 0) is 18.1 Å². The Morgan fingerprint density at radius 3 is 2.68 bits per heavy atom. The first-order valence-electron chi connectivity index (χ1n) is 6.09. The third-order valence-electron chi connectivity index (χ3n) is 2.77. The van der Waals surface area contributed by atoms with E-state index < -0.39 is 5.97 Å². The van der Waals surface area contributed by atoms with Crippen molar-refractivity contribution in [2.75, 3.05) is 0 Å². The SMILES string of the molecule is CCc1cc(C(=O)O)cnc1OCc1ccccc1. The van der Waals surface area contributed by atoms with Crippen molar-refractivity contribution >= 4 is 5.97 Å². The molecule has 2 rings (SSSR count). The fraction of sp³-hybridized carbons (Fsp3) is 0.200. The van der Waals surface area contributed by atoms with Crippen LogP contribution in [0.15, 0.2) is 42.6 Å². The van der Waals surface area contributed by atoms with E-state index in [0.717, 1.165) is 11.1 Å². The molecule has 1 aromatic carbocycles. The molecule has 0 unspecified atom stereocenters. The van der Waals surface area contributed by atoms with Crippen molar-refractivity contribution in [3.63, 3.8) is 0 Å². The maximum absolute atomic E-state index is 10.9. The minimum Gasteiger partial charge on any atom is -0.478 e. The van der Waals surface area contributed by atoms with Crippen molar-refractivity contribution in [1.82, 2.24) is 4.98 Å². The summed E-state index contributed by atoms with van der Waals surface area (Å²) in [4.78, 5) is 15.0. The number of hydrogen-bond donors (Lipinski definition) is 1. The predicted molar refractivity (Wildman–Crippen MR) is 71.3 cm³/mol. The number of aromatic nitrogens is 1. The Kier molecular flexibility index (Phi) is 4.13. The average molecular weight is 257 g/mol. The van der Waals surface area contributed by atoms with Crippen LogP contribution >= 0.6 is 0 Å². The number of ether oxygens (including phenoxy) is 1. The quantitative estimate of drug-likeness (QED) is 0.894. The van der Waals surface area contributed by atoms with Crippen LogP contribution in [0.5, 0.6) is 5.88 Å². The third kappa shape index (κ3) is 3.31. The minimum absolute atomic E-state index is 0.184. The van der Waals surface area contributed by atoms with E-state index in [1.807, 2.05) is 37.3 Å². The first kappa shape index (κ1) is 13.1. The number of aryl methyl sites for hydroxylation is 1. The minimum atomic E-state index is -0.975. The zero-order valence-corrected chi connectivity index (χ0v) is 10.7. The fourth-order valence-corrected chi connectivity index (χ4v) is 1.72. The molecule has 0 fully saturated rings. The van der Waals surface area contributed by atoms with Gasteiger partial charge in [0.25, 0.3) is 0 Å². The molecule has 0 amide bonds. The van der Waals surface area contributed by atoms with Crippen molar-refractivity contribution < 1.29 is 14.6 Å². The maximum atomic E-state index is 10.9. The topological polar surface area (TPSA) is 59.4 Å². The molecule has 4 heteroatoms. The summed E-state index contributed by atoms with van der Waals surface area (Å²) in [6.45, 7) is 2.37. The van der Waals surface area contributed by atoms with Crippen molar-refractivity contribution in [3.8, 4) is 5.88 Å². The molecule has 0 aliphatic heterocycles. The van der Waals surface area contributed by atoms with Gasteiger partial charge in [-0.3, -0.25) is 0 Å². The Bertz CT molecular complexity index is 567. The van der Waals surface area contributed by atoms with E-state index in [0.29, 0.717) is 18.9 Å². The van der Waals surface area contributed by atoms with Gasteiger partial charge in [0.05, 0.1) is 5.56 Å². The summed E-state index contributed by atoms with van der Waals surface area (Å²) in [5.74, 6) is -0.479. The number of carboxylic acids is 1. The van der Waals surface area contributed by atoms with Crippen LogP contribution in [0.25, 0.3) is 0 Å². The van der Waals surface area contributed by atoms with Crippen LogP contribution in [0.3, 0.4) is 0 Å². The summed E-state index contributed by atoms with van der Waals surface area (Å²) >= 11 is 0. The van der Waals surface area contributed by atoms with Crippen molar-refractivity contribution in [2.24, 2.45) is 0 Å². The third-order valence-corrected chi connectivity index (χ3v) is 2.77. The molecule has 0 atom stereocenters. The highest BCUT2D eigenvalue weighted by Gasteiger charge is 2.09. The lowest BCUT2D eigenvalue weighted by Crippen LogP contribution is -2.04. The summed E-state index contributed by atoms with van der Waals surface area (Å²) in [5.41, 5.74) is 2.04. The van der Waals surface area contributed by atoms with Gasteiger partial charge in [-0.1, -0.05) is 37.3 Å². The summed E-state index contributed by atoms with van der Waals surface area (Å²) < 4.78 is 5.64.